The molecule has 0 fully saturated rings. The smallest absolute Gasteiger partial charge is 0.343 e. The van der Waals surface area contributed by atoms with Gasteiger partial charge in [-0.25, -0.2) is 4.79 Å². The van der Waals surface area contributed by atoms with Crippen LogP contribution >= 0.6 is 15.9 Å². The molecule has 162 valence electrons. The summed E-state index contributed by atoms with van der Waals surface area (Å²) in [6.07, 6.45) is 1.85. The molecule has 5 nitrogen and oxygen atoms in total. The Kier molecular flexibility index (Phi) is 5.89. The van der Waals surface area contributed by atoms with Gasteiger partial charge in [-0.3, -0.25) is 4.79 Å². The lowest BCUT2D eigenvalue weighted by Crippen LogP contribution is -2.18. The van der Waals surface area contributed by atoms with Crippen molar-refractivity contribution in [3.8, 4) is 5.69 Å². The predicted molar refractivity (Wildman–Crippen MR) is 130 cm³/mol. The molecule has 2 aromatic carbocycles. The lowest BCUT2D eigenvalue weighted by atomic mass is 10.1. The van der Waals surface area contributed by atoms with E-state index in [-0.39, 0.29) is 11.4 Å². The van der Waals surface area contributed by atoms with Crippen LogP contribution in [0.15, 0.2) is 82.1 Å². The topological polar surface area (TPSA) is 51.5 Å². The normalized spacial score (nSPS) is 15.1. The molecule has 0 aliphatic carbocycles. The maximum absolute atomic E-state index is 13.4. The van der Waals surface area contributed by atoms with E-state index in [0.717, 1.165) is 32.8 Å². The van der Waals surface area contributed by atoms with Crippen LogP contribution in [-0.2, 0) is 14.3 Å². The van der Waals surface area contributed by atoms with Crippen LogP contribution in [0.3, 0.4) is 0 Å². The zero-order valence-corrected chi connectivity index (χ0v) is 19.9. The number of ether oxygens (including phenoxy) is 1. The van der Waals surface area contributed by atoms with Crippen LogP contribution in [0, 0.1) is 13.8 Å². The van der Waals surface area contributed by atoms with Gasteiger partial charge in [0.2, 0.25) is 5.78 Å². The number of anilines is 1. The van der Waals surface area contributed by atoms with Crippen molar-refractivity contribution in [1.29, 1.82) is 0 Å². The summed E-state index contributed by atoms with van der Waals surface area (Å²) in [5.41, 5.74) is 5.84. The van der Waals surface area contributed by atoms with E-state index in [0.29, 0.717) is 11.4 Å². The van der Waals surface area contributed by atoms with Gasteiger partial charge in [0.05, 0.1) is 12.8 Å². The standard InChI is InChI=1S/C26H23BrN2O3/c1-16-14-19(17(2)28(16)21-8-6-5-7-9-21)15-23-25(30)24(26(31)32-4)18(3)29(23)22-12-10-20(27)11-13-22/h5-15H,1-4H3/b23-15+. The summed E-state index contributed by atoms with van der Waals surface area (Å²) in [5, 5.41) is 0. The fourth-order valence-corrected chi connectivity index (χ4v) is 4.40. The highest BCUT2D eigenvalue weighted by Crippen LogP contribution is 2.37. The molecular formula is C26H23BrN2O3. The third-order valence-electron chi connectivity index (χ3n) is 5.65. The Morgan fingerprint density at radius 3 is 2.25 bits per heavy atom. The SMILES string of the molecule is COC(=O)C1=C(C)N(c2ccc(Br)cc2)/C(=C/c2cc(C)n(-c3ccccc3)c2C)C1=O. The summed E-state index contributed by atoms with van der Waals surface area (Å²) >= 11 is 3.45. The first-order valence-electron chi connectivity index (χ1n) is 10.2. The van der Waals surface area contributed by atoms with Crippen molar-refractivity contribution in [1.82, 2.24) is 4.57 Å². The van der Waals surface area contributed by atoms with Crippen molar-refractivity contribution in [2.75, 3.05) is 12.0 Å². The Morgan fingerprint density at radius 1 is 0.969 bits per heavy atom. The summed E-state index contributed by atoms with van der Waals surface area (Å²) in [4.78, 5) is 27.6. The fourth-order valence-electron chi connectivity index (χ4n) is 4.14. The van der Waals surface area contributed by atoms with Gasteiger partial charge in [0.15, 0.2) is 0 Å². The minimum absolute atomic E-state index is 0.0542. The fraction of sp³-hybridized carbons (Fsp3) is 0.154. The number of para-hydroxylation sites is 1. The largest absolute Gasteiger partial charge is 0.465 e. The second kappa shape index (κ2) is 8.63. The van der Waals surface area contributed by atoms with Crippen molar-refractivity contribution in [2.45, 2.75) is 20.8 Å². The maximum atomic E-state index is 13.4. The monoisotopic (exact) mass is 490 g/mol. The number of aromatic nitrogens is 1. The van der Waals surface area contributed by atoms with Gasteiger partial charge in [-0.15, -0.1) is 0 Å². The molecule has 0 atom stereocenters. The molecule has 6 heteroatoms. The molecule has 1 aromatic heterocycles. The zero-order valence-electron chi connectivity index (χ0n) is 18.3. The minimum atomic E-state index is -0.632. The second-order valence-corrected chi connectivity index (χ2v) is 8.54. The van der Waals surface area contributed by atoms with Crippen LogP contribution < -0.4 is 4.90 Å². The van der Waals surface area contributed by atoms with Gasteiger partial charge >= 0.3 is 5.97 Å². The van der Waals surface area contributed by atoms with Crippen LogP contribution in [0.5, 0.6) is 0 Å². The van der Waals surface area contributed by atoms with E-state index in [1.165, 1.54) is 7.11 Å². The summed E-state index contributed by atoms with van der Waals surface area (Å²) in [6, 6.07) is 19.7. The Hall–Kier alpha value is -3.38. The van der Waals surface area contributed by atoms with E-state index in [1.54, 1.807) is 6.92 Å². The first kappa shape index (κ1) is 21.8. The minimum Gasteiger partial charge on any atom is -0.465 e. The highest BCUT2D eigenvalue weighted by Gasteiger charge is 2.38. The van der Waals surface area contributed by atoms with Gasteiger partial charge in [-0.1, -0.05) is 34.1 Å². The van der Waals surface area contributed by atoms with Crippen molar-refractivity contribution in [3.05, 3.63) is 99.1 Å². The molecule has 0 N–H and O–H groups in total. The van der Waals surface area contributed by atoms with E-state index in [1.807, 2.05) is 85.5 Å². The average Bonchev–Trinajstić information content (AvgIpc) is 3.20. The number of ketones is 1. The quantitative estimate of drug-likeness (QED) is 0.266. The summed E-state index contributed by atoms with van der Waals surface area (Å²) in [6.45, 7) is 5.83. The second-order valence-electron chi connectivity index (χ2n) is 7.62. The molecule has 1 aliphatic heterocycles. The number of carbonyl (C=O) groups excluding carboxylic acids is 2. The molecule has 4 rings (SSSR count). The summed E-state index contributed by atoms with van der Waals surface area (Å²) in [5.74, 6) is -0.977. The number of carbonyl (C=O) groups is 2. The first-order valence-corrected chi connectivity index (χ1v) is 11.0. The number of rotatable bonds is 4. The van der Waals surface area contributed by atoms with Gasteiger partial charge < -0.3 is 14.2 Å². The molecule has 0 radical (unpaired) electrons. The molecule has 0 saturated carbocycles. The van der Waals surface area contributed by atoms with Gasteiger partial charge in [0.25, 0.3) is 0 Å². The zero-order chi connectivity index (χ0) is 23.0. The number of halogens is 1. The van der Waals surface area contributed by atoms with E-state index < -0.39 is 5.97 Å². The number of methoxy groups -OCH3 is 1. The molecular weight excluding hydrogens is 468 g/mol. The highest BCUT2D eigenvalue weighted by molar-refractivity contribution is 9.10. The van der Waals surface area contributed by atoms with E-state index in [2.05, 4.69) is 20.5 Å². The number of allylic oxidation sites excluding steroid dienone is 2. The Labute approximate surface area is 195 Å². The van der Waals surface area contributed by atoms with Crippen LogP contribution in [-0.4, -0.2) is 23.4 Å². The number of nitrogens with zero attached hydrogens (tertiary/aromatic N) is 2. The molecule has 0 spiro atoms. The van der Waals surface area contributed by atoms with Crippen LogP contribution in [0.25, 0.3) is 11.8 Å². The molecule has 1 aliphatic rings. The first-order chi connectivity index (χ1) is 15.3. The lowest BCUT2D eigenvalue weighted by molar-refractivity contribution is -0.137. The lowest BCUT2D eigenvalue weighted by Gasteiger charge is -2.21. The van der Waals surface area contributed by atoms with Crippen LogP contribution in [0.1, 0.15) is 23.9 Å². The highest BCUT2D eigenvalue weighted by atomic mass is 79.9. The van der Waals surface area contributed by atoms with E-state index in [4.69, 9.17) is 4.74 Å². The molecule has 0 saturated heterocycles. The van der Waals surface area contributed by atoms with Crippen molar-refractivity contribution < 1.29 is 14.3 Å². The van der Waals surface area contributed by atoms with Crippen molar-refractivity contribution >= 4 is 39.4 Å². The van der Waals surface area contributed by atoms with E-state index >= 15 is 0 Å². The number of Topliss-reactive ketones (excluding diaryl/α,β-unsaturated/α-hetero) is 1. The average molecular weight is 491 g/mol. The molecule has 0 bridgehead atoms. The summed E-state index contributed by atoms with van der Waals surface area (Å²) in [7, 11) is 1.29. The number of hydrogen-bond donors (Lipinski definition) is 0. The number of aryl methyl sites for hydroxylation is 1. The van der Waals surface area contributed by atoms with Gasteiger partial charge in [-0.05, 0) is 74.9 Å². The van der Waals surface area contributed by atoms with E-state index in [9.17, 15) is 9.59 Å². The molecule has 0 amide bonds. The van der Waals surface area contributed by atoms with Gasteiger partial charge in [0.1, 0.15) is 5.57 Å². The van der Waals surface area contributed by atoms with Crippen molar-refractivity contribution in [2.24, 2.45) is 0 Å². The number of esters is 1. The molecule has 32 heavy (non-hydrogen) atoms. The van der Waals surface area contributed by atoms with Gasteiger partial charge in [-0.2, -0.15) is 0 Å². The van der Waals surface area contributed by atoms with Crippen molar-refractivity contribution in [3.63, 3.8) is 0 Å². The molecule has 3 aromatic rings. The maximum Gasteiger partial charge on any atom is 0.343 e. The summed E-state index contributed by atoms with van der Waals surface area (Å²) < 4.78 is 7.98. The Balaban J connectivity index is 1.87. The van der Waals surface area contributed by atoms with Gasteiger partial charge in [0, 0.05) is 32.9 Å². The Bertz CT molecular complexity index is 1270. The molecule has 2 heterocycles. The number of benzene rings is 2. The Morgan fingerprint density at radius 2 is 1.62 bits per heavy atom. The van der Waals surface area contributed by atoms with Crippen LogP contribution in [0.4, 0.5) is 5.69 Å². The number of hydrogen-bond acceptors (Lipinski definition) is 4. The third-order valence-corrected chi connectivity index (χ3v) is 6.18. The third kappa shape index (κ3) is 3.71. The molecule has 0 unspecified atom stereocenters. The predicted octanol–water partition coefficient (Wildman–Crippen LogP) is 5.73. The van der Waals surface area contributed by atoms with Crippen LogP contribution in [0.2, 0.25) is 0 Å².